The first-order valence-corrected chi connectivity index (χ1v) is 7.76. The predicted octanol–water partition coefficient (Wildman–Crippen LogP) is 2.07. The van der Waals surface area contributed by atoms with Crippen molar-refractivity contribution in [1.29, 1.82) is 0 Å². The third-order valence-electron chi connectivity index (χ3n) is 4.02. The van der Waals surface area contributed by atoms with Crippen molar-refractivity contribution in [3.8, 4) is 5.75 Å². The van der Waals surface area contributed by atoms with E-state index in [1.807, 2.05) is 6.92 Å². The molecule has 1 fully saturated rings. The van der Waals surface area contributed by atoms with Crippen LogP contribution in [0.2, 0.25) is 0 Å². The van der Waals surface area contributed by atoms with Gasteiger partial charge >= 0.3 is 0 Å². The van der Waals surface area contributed by atoms with Crippen LogP contribution in [-0.4, -0.2) is 50.8 Å². The summed E-state index contributed by atoms with van der Waals surface area (Å²) in [5.41, 5.74) is 0.335. The maximum absolute atomic E-state index is 12.4. The van der Waals surface area contributed by atoms with E-state index in [2.05, 4.69) is 15.6 Å². The Morgan fingerprint density at radius 2 is 2.08 bits per heavy atom. The molecule has 0 saturated carbocycles. The summed E-state index contributed by atoms with van der Waals surface area (Å²) < 4.78 is 10.8. The zero-order chi connectivity index (χ0) is 15.8. The quantitative estimate of drug-likeness (QED) is 0.758. The molecule has 1 amide bonds. The average Bonchev–Trinajstić information content (AvgIpc) is 2.55. The van der Waals surface area contributed by atoms with Crippen LogP contribution in [0.4, 0.5) is 0 Å². The van der Waals surface area contributed by atoms with Gasteiger partial charge in [0.1, 0.15) is 0 Å². The Morgan fingerprint density at radius 3 is 2.71 bits per heavy atom. The minimum atomic E-state index is -0.196. The lowest BCUT2D eigenvalue weighted by atomic mass is 9.79. The van der Waals surface area contributed by atoms with Gasteiger partial charge in [0.25, 0.3) is 5.91 Å². The molecule has 2 N–H and O–H groups in total. The van der Waals surface area contributed by atoms with Crippen molar-refractivity contribution in [2.45, 2.75) is 19.8 Å². The Balaban J connectivity index is 0.00000264. The van der Waals surface area contributed by atoms with E-state index in [0.717, 1.165) is 25.9 Å². The maximum Gasteiger partial charge on any atom is 0.273 e. The van der Waals surface area contributed by atoms with Gasteiger partial charge in [-0.25, -0.2) is 4.98 Å². The Kier molecular flexibility index (Phi) is 11.0. The number of halogens is 2. The van der Waals surface area contributed by atoms with Crippen molar-refractivity contribution >= 4 is 30.7 Å². The minimum Gasteiger partial charge on any atom is -0.491 e. The first-order valence-electron chi connectivity index (χ1n) is 7.76. The third kappa shape index (κ3) is 6.09. The number of nitrogens with zero attached hydrogens (tertiary/aromatic N) is 1. The number of hydrogen-bond acceptors (Lipinski definition) is 5. The molecule has 1 aliphatic heterocycles. The smallest absolute Gasteiger partial charge is 0.273 e. The lowest BCUT2D eigenvalue weighted by molar-refractivity contribution is 0.0510. The van der Waals surface area contributed by atoms with Gasteiger partial charge in [-0.1, -0.05) is 0 Å². The van der Waals surface area contributed by atoms with E-state index >= 15 is 0 Å². The highest BCUT2D eigenvalue weighted by Crippen LogP contribution is 2.28. The highest BCUT2D eigenvalue weighted by Gasteiger charge is 2.32. The summed E-state index contributed by atoms with van der Waals surface area (Å²) in [6.45, 7) is 5.53. The molecule has 1 aliphatic rings. The van der Waals surface area contributed by atoms with Crippen molar-refractivity contribution in [3.05, 3.63) is 24.0 Å². The van der Waals surface area contributed by atoms with E-state index in [1.165, 1.54) is 0 Å². The van der Waals surface area contributed by atoms with Crippen LogP contribution in [0.5, 0.6) is 5.75 Å². The number of ether oxygens (including phenoxy) is 2. The van der Waals surface area contributed by atoms with E-state index in [0.29, 0.717) is 31.2 Å². The van der Waals surface area contributed by atoms with E-state index < -0.39 is 0 Å². The summed E-state index contributed by atoms with van der Waals surface area (Å²) in [6.07, 6.45) is 3.58. The van der Waals surface area contributed by atoms with Crippen LogP contribution in [0, 0.1) is 5.41 Å². The summed E-state index contributed by atoms with van der Waals surface area (Å²) in [7, 11) is 1.71. The molecule has 2 rings (SSSR count). The second kappa shape index (κ2) is 11.5. The van der Waals surface area contributed by atoms with E-state index in [-0.39, 0.29) is 36.1 Å². The molecular formula is C16H27Cl2N3O3. The summed E-state index contributed by atoms with van der Waals surface area (Å²) in [5.74, 6) is 0.326. The van der Waals surface area contributed by atoms with Crippen molar-refractivity contribution < 1.29 is 14.3 Å². The third-order valence-corrected chi connectivity index (χ3v) is 4.02. The molecule has 1 aromatic heterocycles. The molecule has 6 nitrogen and oxygen atoms in total. The second-order valence-electron chi connectivity index (χ2n) is 5.65. The standard InChI is InChI=1S/C16H25N3O3.2ClH/c1-3-22-13-5-4-8-18-14(13)15(20)19-11-16(12-21-2)6-9-17-10-7-16;;/h4-5,8,17H,3,6-7,9-12H2,1-2H3,(H,19,20);2*1H. The Morgan fingerprint density at radius 1 is 1.38 bits per heavy atom. The van der Waals surface area contributed by atoms with Crippen LogP contribution in [0.15, 0.2) is 18.3 Å². The zero-order valence-corrected chi connectivity index (χ0v) is 15.8. The lowest BCUT2D eigenvalue weighted by Crippen LogP contribution is -2.47. The summed E-state index contributed by atoms with van der Waals surface area (Å²) in [4.78, 5) is 16.6. The maximum atomic E-state index is 12.4. The van der Waals surface area contributed by atoms with Crippen molar-refractivity contribution in [2.75, 3.05) is 40.0 Å². The molecular weight excluding hydrogens is 353 g/mol. The van der Waals surface area contributed by atoms with Crippen molar-refractivity contribution in [1.82, 2.24) is 15.6 Å². The van der Waals surface area contributed by atoms with Gasteiger partial charge < -0.3 is 20.1 Å². The fourth-order valence-electron chi connectivity index (χ4n) is 2.82. The Bertz CT molecular complexity index is 492. The molecule has 24 heavy (non-hydrogen) atoms. The predicted molar refractivity (Wildman–Crippen MR) is 98.6 cm³/mol. The van der Waals surface area contributed by atoms with Gasteiger partial charge in [-0.2, -0.15) is 0 Å². The highest BCUT2D eigenvalue weighted by molar-refractivity contribution is 5.94. The van der Waals surface area contributed by atoms with Crippen molar-refractivity contribution in [2.24, 2.45) is 5.41 Å². The van der Waals surface area contributed by atoms with Crippen molar-refractivity contribution in [3.63, 3.8) is 0 Å². The summed E-state index contributed by atoms with van der Waals surface area (Å²) in [6, 6.07) is 3.53. The molecule has 0 aromatic carbocycles. The molecule has 1 saturated heterocycles. The first kappa shape index (κ1) is 22.9. The molecule has 0 aliphatic carbocycles. The number of methoxy groups -OCH3 is 1. The lowest BCUT2D eigenvalue weighted by Gasteiger charge is -2.37. The van der Waals surface area contributed by atoms with Gasteiger partial charge in [-0.05, 0) is 45.0 Å². The van der Waals surface area contributed by atoms with Gasteiger partial charge in [0.2, 0.25) is 0 Å². The van der Waals surface area contributed by atoms with Gasteiger partial charge in [0.15, 0.2) is 11.4 Å². The number of hydrogen-bond donors (Lipinski definition) is 2. The van der Waals surface area contributed by atoms with Crippen LogP contribution < -0.4 is 15.4 Å². The molecule has 138 valence electrons. The van der Waals surface area contributed by atoms with Crippen LogP contribution in [0.1, 0.15) is 30.3 Å². The monoisotopic (exact) mass is 379 g/mol. The number of piperidine rings is 1. The number of carbonyl (C=O) groups excluding carboxylic acids is 1. The molecule has 0 atom stereocenters. The van der Waals surface area contributed by atoms with Gasteiger partial charge in [-0.3, -0.25) is 4.79 Å². The second-order valence-corrected chi connectivity index (χ2v) is 5.65. The van der Waals surface area contributed by atoms with Crippen LogP contribution in [0.3, 0.4) is 0 Å². The molecule has 0 radical (unpaired) electrons. The number of carbonyl (C=O) groups is 1. The van der Waals surface area contributed by atoms with E-state index in [1.54, 1.807) is 25.4 Å². The Labute approximate surface area is 155 Å². The highest BCUT2D eigenvalue weighted by atomic mass is 35.5. The van der Waals surface area contributed by atoms with Gasteiger partial charge in [0, 0.05) is 25.3 Å². The molecule has 2 heterocycles. The fourth-order valence-corrected chi connectivity index (χ4v) is 2.82. The number of nitrogens with one attached hydrogen (secondary N) is 2. The number of rotatable bonds is 7. The molecule has 8 heteroatoms. The minimum absolute atomic E-state index is 0. The van der Waals surface area contributed by atoms with Gasteiger partial charge in [-0.15, -0.1) is 24.8 Å². The molecule has 1 aromatic rings. The molecule has 0 bridgehead atoms. The average molecular weight is 380 g/mol. The topological polar surface area (TPSA) is 72.5 Å². The summed E-state index contributed by atoms with van der Waals surface area (Å²) in [5, 5.41) is 6.35. The normalized spacial score (nSPS) is 15.6. The van der Waals surface area contributed by atoms with E-state index in [9.17, 15) is 4.79 Å². The Hall–Kier alpha value is -1.08. The fraction of sp³-hybridized carbons (Fsp3) is 0.625. The number of amides is 1. The number of pyridine rings is 1. The van der Waals surface area contributed by atoms with E-state index in [4.69, 9.17) is 9.47 Å². The first-order chi connectivity index (χ1) is 10.7. The molecule has 0 unspecified atom stereocenters. The van der Waals surface area contributed by atoms with Crippen LogP contribution in [0.25, 0.3) is 0 Å². The van der Waals surface area contributed by atoms with Crippen LogP contribution >= 0.6 is 24.8 Å². The number of aromatic nitrogens is 1. The largest absolute Gasteiger partial charge is 0.491 e. The summed E-state index contributed by atoms with van der Waals surface area (Å²) >= 11 is 0. The molecule has 0 spiro atoms. The zero-order valence-electron chi connectivity index (χ0n) is 14.2. The van der Waals surface area contributed by atoms with Gasteiger partial charge in [0.05, 0.1) is 13.2 Å². The SMILES string of the molecule is CCOc1cccnc1C(=O)NCC1(COC)CCNCC1.Cl.Cl. The van der Waals surface area contributed by atoms with Crippen LogP contribution in [-0.2, 0) is 4.74 Å².